The number of benzene rings is 1. The smallest absolute Gasteiger partial charge is 0.147 e. The molecule has 1 rings (SSSR count). The van der Waals surface area contributed by atoms with Gasteiger partial charge in [-0.05, 0) is 31.9 Å². The summed E-state index contributed by atoms with van der Waals surface area (Å²) in [5.41, 5.74) is 2.42. The van der Waals surface area contributed by atoms with Crippen molar-refractivity contribution in [1.82, 2.24) is 5.32 Å². The van der Waals surface area contributed by atoms with Crippen molar-refractivity contribution in [2.45, 2.75) is 19.3 Å². The Morgan fingerprint density at radius 1 is 1.35 bits per heavy atom. The zero-order valence-corrected chi connectivity index (χ0v) is 11.5. The summed E-state index contributed by atoms with van der Waals surface area (Å²) >= 11 is 0. The Labute approximate surface area is 104 Å². The van der Waals surface area contributed by atoms with Gasteiger partial charge in [-0.2, -0.15) is 0 Å². The van der Waals surface area contributed by atoms with E-state index in [2.05, 4.69) is 30.4 Å². The zero-order valence-electron chi connectivity index (χ0n) is 10.7. The maximum absolute atomic E-state index is 11.2. The number of sulfone groups is 1. The largest absolute Gasteiger partial charge is 0.319 e. The van der Waals surface area contributed by atoms with Crippen molar-refractivity contribution in [1.29, 1.82) is 0 Å². The number of aryl methyl sites for hydroxylation is 1. The molecule has 1 N–H and O–H groups in total. The maximum Gasteiger partial charge on any atom is 0.147 e. The van der Waals surface area contributed by atoms with Crippen LogP contribution in [0.15, 0.2) is 24.3 Å². The molecule has 1 unspecified atom stereocenters. The second-order valence-electron chi connectivity index (χ2n) is 4.59. The molecule has 96 valence electrons. The number of likely N-dealkylation sites (N-methyl/N-ethyl adjacent to an activating group) is 1. The molecule has 0 spiro atoms. The molecule has 0 heterocycles. The minimum atomic E-state index is -2.88. The van der Waals surface area contributed by atoms with Crippen LogP contribution in [0.3, 0.4) is 0 Å². The van der Waals surface area contributed by atoms with Crippen molar-refractivity contribution in [3.8, 4) is 0 Å². The Hall–Kier alpha value is -0.870. The SMILES string of the molecule is CNCC(CCS(C)(=O)=O)c1cccc(C)c1. The minimum absolute atomic E-state index is 0.243. The summed E-state index contributed by atoms with van der Waals surface area (Å²) in [5, 5.41) is 3.13. The van der Waals surface area contributed by atoms with Gasteiger partial charge >= 0.3 is 0 Å². The van der Waals surface area contributed by atoms with Crippen LogP contribution in [0.25, 0.3) is 0 Å². The average Bonchev–Trinajstić information content (AvgIpc) is 2.23. The molecule has 0 aromatic heterocycles. The molecule has 17 heavy (non-hydrogen) atoms. The summed E-state index contributed by atoms with van der Waals surface area (Å²) in [5.74, 6) is 0.502. The summed E-state index contributed by atoms with van der Waals surface area (Å²) in [6, 6.07) is 8.27. The molecule has 3 nitrogen and oxygen atoms in total. The summed E-state index contributed by atoms with van der Waals surface area (Å²) in [7, 11) is -0.991. The fraction of sp³-hybridized carbons (Fsp3) is 0.538. The van der Waals surface area contributed by atoms with Crippen molar-refractivity contribution in [3.05, 3.63) is 35.4 Å². The molecule has 0 saturated heterocycles. The summed E-state index contributed by atoms with van der Waals surface area (Å²) in [6.45, 7) is 2.86. The van der Waals surface area contributed by atoms with Crippen LogP contribution in [-0.2, 0) is 9.84 Å². The van der Waals surface area contributed by atoms with E-state index in [0.717, 1.165) is 6.54 Å². The van der Waals surface area contributed by atoms with Gasteiger partial charge in [-0.15, -0.1) is 0 Å². The van der Waals surface area contributed by atoms with Gasteiger partial charge in [0.2, 0.25) is 0 Å². The highest BCUT2D eigenvalue weighted by molar-refractivity contribution is 7.90. The summed E-state index contributed by atoms with van der Waals surface area (Å²) in [4.78, 5) is 0. The molecular weight excluding hydrogens is 234 g/mol. The lowest BCUT2D eigenvalue weighted by Gasteiger charge is -2.17. The molecule has 1 aromatic rings. The third-order valence-corrected chi connectivity index (χ3v) is 3.78. The molecule has 0 saturated carbocycles. The van der Waals surface area contributed by atoms with Crippen LogP contribution in [0, 0.1) is 6.92 Å². The first-order valence-electron chi connectivity index (χ1n) is 5.81. The van der Waals surface area contributed by atoms with Crippen molar-refractivity contribution < 1.29 is 8.42 Å². The van der Waals surface area contributed by atoms with Crippen molar-refractivity contribution in [3.63, 3.8) is 0 Å². The van der Waals surface area contributed by atoms with Crippen LogP contribution in [0.4, 0.5) is 0 Å². The number of nitrogens with one attached hydrogen (secondary N) is 1. The lowest BCUT2D eigenvalue weighted by atomic mass is 9.95. The van der Waals surface area contributed by atoms with E-state index in [4.69, 9.17) is 0 Å². The van der Waals surface area contributed by atoms with Gasteiger partial charge in [0.15, 0.2) is 0 Å². The normalized spacial score (nSPS) is 13.6. The third kappa shape index (κ3) is 5.33. The Kier molecular flexibility index (Phi) is 5.15. The first-order valence-corrected chi connectivity index (χ1v) is 7.87. The molecule has 0 aliphatic rings. The Balaban J connectivity index is 2.78. The van der Waals surface area contributed by atoms with Gasteiger partial charge in [0.05, 0.1) is 5.75 Å². The van der Waals surface area contributed by atoms with Crippen LogP contribution in [0.2, 0.25) is 0 Å². The van der Waals surface area contributed by atoms with E-state index < -0.39 is 9.84 Å². The van der Waals surface area contributed by atoms with Crippen LogP contribution in [0.5, 0.6) is 0 Å². The average molecular weight is 255 g/mol. The van der Waals surface area contributed by atoms with Crippen molar-refractivity contribution >= 4 is 9.84 Å². The number of hydrogen-bond acceptors (Lipinski definition) is 3. The molecule has 0 fully saturated rings. The Morgan fingerprint density at radius 3 is 2.59 bits per heavy atom. The highest BCUT2D eigenvalue weighted by atomic mass is 32.2. The summed E-state index contributed by atoms with van der Waals surface area (Å²) in [6.07, 6.45) is 1.96. The third-order valence-electron chi connectivity index (χ3n) is 2.80. The van der Waals surface area contributed by atoms with Crippen molar-refractivity contribution in [2.24, 2.45) is 0 Å². The lowest BCUT2D eigenvalue weighted by molar-refractivity contribution is 0.578. The van der Waals surface area contributed by atoms with E-state index in [1.807, 2.05) is 13.1 Å². The van der Waals surface area contributed by atoms with Crippen molar-refractivity contribution in [2.75, 3.05) is 25.6 Å². The summed E-state index contributed by atoms with van der Waals surface area (Å²) < 4.78 is 22.4. The fourth-order valence-electron chi connectivity index (χ4n) is 1.91. The molecule has 1 atom stereocenters. The number of rotatable bonds is 6. The topological polar surface area (TPSA) is 46.2 Å². The quantitative estimate of drug-likeness (QED) is 0.842. The van der Waals surface area contributed by atoms with Gasteiger partial charge < -0.3 is 5.32 Å². The molecule has 1 aromatic carbocycles. The first-order chi connectivity index (χ1) is 7.92. The van der Waals surface area contributed by atoms with E-state index in [-0.39, 0.29) is 11.7 Å². The van der Waals surface area contributed by atoms with Gasteiger partial charge in [0, 0.05) is 12.8 Å². The molecule has 0 amide bonds. The van der Waals surface area contributed by atoms with Crippen LogP contribution >= 0.6 is 0 Å². The maximum atomic E-state index is 11.2. The second-order valence-corrected chi connectivity index (χ2v) is 6.85. The van der Waals surface area contributed by atoms with E-state index >= 15 is 0 Å². The van der Waals surface area contributed by atoms with Crippen LogP contribution in [-0.4, -0.2) is 34.0 Å². The monoisotopic (exact) mass is 255 g/mol. The highest BCUT2D eigenvalue weighted by Gasteiger charge is 2.13. The van der Waals surface area contributed by atoms with Gasteiger partial charge in [0.25, 0.3) is 0 Å². The zero-order chi connectivity index (χ0) is 12.9. The van der Waals surface area contributed by atoms with E-state index in [1.165, 1.54) is 17.4 Å². The Bertz CT molecular complexity index is 454. The number of hydrogen-bond donors (Lipinski definition) is 1. The fourth-order valence-corrected chi connectivity index (χ4v) is 2.63. The predicted molar refractivity (Wildman–Crippen MR) is 72.2 cm³/mol. The molecule has 4 heteroatoms. The molecule has 0 radical (unpaired) electrons. The van der Waals surface area contributed by atoms with Gasteiger partial charge in [-0.3, -0.25) is 0 Å². The van der Waals surface area contributed by atoms with Crippen LogP contribution < -0.4 is 5.32 Å². The standard InChI is InChI=1S/C13H21NO2S/c1-11-5-4-6-12(9-11)13(10-14-2)7-8-17(3,15)16/h4-6,9,13-14H,7-8,10H2,1-3H3. The molecule has 0 aliphatic heterocycles. The highest BCUT2D eigenvalue weighted by Crippen LogP contribution is 2.20. The Morgan fingerprint density at radius 2 is 2.06 bits per heavy atom. The van der Waals surface area contributed by atoms with Crippen LogP contribution in [0.1, 0.15) is 23.5 Å². The second kappa shape index (κ2) is 6.17. The predicted octanol–water partition coefficient (Wildman–Crippen LogP) is 1.73. The lowest BCUT2D eigenvalue weighted by Crippen LogP contribution is -2.20. The molecule has 0 aliphatic carbocycles. The first kappa shape index (κ1) is 14.2. The van der Waals surface area contributed by atoms with Gasteiger partial charge in [-0.25, -0.2) is 8.42 Å². The van der Waals surface area contributed by atoms with E-state index in [9.17, 15) is 8.42 Å². The minimum Gasteiger partial charge on any atom is -0.319 e. The van der Waals surface area contributed by atoms with Gasteiger partial charge in [0.1, 0.15) is 9.84 Å². The van der Waals surface area contributed by atoms with Gasteiger partial charge in [-0.1, -0.05) is 29.8 Å². The molecular formula is C13H21NO2S. The van der Waals surface area contributed by atoms with E-state index in [0.29, 0.717) is 6.42 Å². The molecule has 0 bridgehead atoms. The van der Waals surface area contributed by atoms with E-state index in [1.54, 1.807) is 0 Å².